The molecule has 7 aromatic rings. The fourth-order valence-electron chi connectivity index (χ4n) is 4.93. The minimum absolute atomic E-state index is 0.294. The summed E-state index contributed by atoms with van der Waals surface area (Å²) in [7, 11) is 0. The van der Waals surface area contributed by atoms with E-state index >= 15 is 0 Å². The van der Waals surface area contributed by atoms with Crippen molar-refractivity contribution in [3.63, 3.8) is 0 Å². The van der Waals surface area contributed by atoms with Crippen LogP contribution in [0.15, 0.2) is 134 Å². The number of hydrogen-bond acceptors (Lipinski definition) is 5. The van der Waals surface area contributed by atoms with Crippen molar-refractivity contribution in [1.29, 1.82) is 0 Å². The van der Waals surface area contributed by atoms with E-state index in [0.717, 1.165) is 31.8 Å². The van der Waals surface area contributed by atoms with Gasteiger partial charge >= 0.3 is 0 Å². The summed E-state index contributed by atoms with van der Waals surface area (Å²) < 4.78 is 14.6. The summed E-state index contributed by atoms with van der Waals surface area (Å²) >= 11 is 3.51. The highest BCUT2D eigenvalue weighted by molar-refractivity contribution is 9.10. The number of furan rings is 1. The maximum absolute atomic E-state index is 13.7. The number of aromatic nitrogens is 2. The molecule has 6 nitrogen and oxygen atoms in total. The molecule has 5 aromatic carbocycles. The van der Waals surface area contributed by atoms with Crippen LogP contribution in [0.5, 0.6) is 5.75 Å². The molecule has 0 saturated heterocycles. The first-order chi connectivity index (χ1) is 20.1. The summed E-state index contributed by atoms with van der Waals surface area (Å²) in [6.07, 6.45) is 1.62. The van der Waals surface area contributed by atoms with Crippen LogP contribution in [-0.4, -0.2) is 15.9 Å². The zero-order valence-electron chi connectivity index (χ0n) is 21.7. The van der Waals surface area contributed by atoms with Gasteiger partial charge < -0.3 is 9.15 Å². The molecule has 2 aromatic heterocycles. The second kappa shape index (κ2) is 10.5. The van der Waals surface area contributed by atoms with Gasteiger partial charge in [0.25, 0.3) is 5.56 Å². The van der Waals surface area contributed by atoms with E-state index in [0.29, 0.717) is 40.4 Å². The summed E-state index contributed by atoms with van der Waals surface area (Å²) in [6, 6.07) is 36.9. The highest BCUT2D eigenvalue weighted by Gasteiger charge is 2.17. The number of rotatable bonds is 6. The van der Waals surface area contributed by atoms with Gasteiger partial charge in [0.2, 0.25) is 5.82 Å². The van der Waals surface area contributed by atoms with Gasteiger partial charge in [-0.25, -0.2) is 4.98 Å². The molecule has 0 aliphatic rings. The van der Waals surface area contributed by atoms with Crippen molar-refractivity contribution < 1.29 is 9.15 Å². The largest absolute Gasteiger partial charge is 0.488 e. The topological polar surface area (TPSA) is 69.6 Å². The second-order valence-electron chi connectivity index (χ2n) is 9.57. The third-order valence-corrected chi connectivity index (χ3v) is 7.44. The van der Waals surface area contributed by atoms with Crippen LogP contribution < -0.4 is 10.3 Å². The lowest BCUT2D eigenvalue weighted by atomic mass is 10.1. The minimum Gasteiger partial charge on any atom is -0.488 e. The molecule has 0 aliphatic carbocycles. The van der Waals surface area contributed by atoms with Crippen LogP contribution in [0.25, 0.3) is 44.2 Å². The summed E-state index contributed by atoms with van der Waals surface area (Å²) in [5.74, 6) is 1.41. The van der Waals surface area contributed by atoms with Crippen molar-refractivity contribution in [3.8, 4) is 17.3 Å². The van der Waals surface area contributed by atoms with Crippen LogP contribution in [0.2, 0.25) is 0 Å². The summed E-state index contributed by atoms with van der Waals surface area (Å²) in [5, 5.41) is 8.29. The molecule has 0 amide bonds. The molecule has 0 bridgehead atoms. The molecule has 0 radical (unpaired) electrons. The first-order valence-corrected chi connectivity index (χ1v) is 13.9. The second-order valence-corrected chi connectivity index (χ2v) is 10.5. The molecule has 0 aliphatic heterocycles. The van der Waals surface area contributed by atoms with Gasteiger partial charge in [0.15, 0.2) is 5.76 Å². The normalized spacial score (nSPS) is 11.6. The van der Waals surface area contributed by atoms with E-state index in [4.69, 9.17) is 14.1 Å². The molecule has 198 valence electrons. The Bertz CT molecular complexity index is 2160. The molecular formula is C34H22BrN3O3. The third-order valence-electron chi connectivity index (χ3n) is 6.95. The molecule has 41 heavy (non-hydrogen) atoms. The van der Waals surface area contributed by atoms with Crippen molar-refractivity contribution in [2.24, 2.45) is 5.10 Å². The average Bonchev–Trinajstić information content (AvgIpc) is 3.43. The van der Waals surface area contributed by atoms with E-state index in [2.05, 4.69) is 45.3 Å². The maximum Gasteiger partial charge on any atom is 0.282 e. The molecule has 0 N–H and O–H groups in total. The van der Waals surface area contributed by atoms with E-state index < -0.39 is 0 Å². The van der Waals surface area contributed by atoms with E-state index in [1.165, 1.54) is 4.68 Å². The number of halogens is 1. The lowest BCUT2D eigenvalue weighted by molar-refractivity contribution is 0.307. The number of para-hydroxylation sites is 2. The number of hydrogen-bond donors (Lipinski definition) is 0. The Morgan fingerprint density at radius 1 is 0.829 bits per heavy atom. The van der Waals surface area contributed by atoms with Crippen molar-refractivity contribution in [2.45, 2.75) is 6.61 Å². The van der Waals surface area contributed by atoms with Gasteiger partial charge in [0.05, 0.1) is 17.1 Å². The van der Waals surface area contributed by atoms with E-state index in [1.807, 2.05) is 84.9 Å². The first-order valence-electron chi connectivity index (χ1n) is 13.1. The Morgan fingerprint density at radius 2 is 1.61 bits per heavy atom. The van der Waals surface area contributed by atoms with Crippen molar-refractivity contribution in [3.05, 3.63) is 141 Å². The van der Waals surface area contributed by atoms with Crippen LogP contribution in [0.3, 0.4) is 0 Å². The molecule has 7 heteroatoms. The Hall–Kier alpha value is -5.01. The smallest absolute Gasteiger partial charge is 0.282 e. The Balaban J connectivity index is 1.29. The number of benzene rings is 5. The quantitative estimate of drug-likeness (QED) is 0.181. The zero-order valence-corrected chi connectivity index (χ0v) is 23.3. The van der Waals surface area contributed by atoms with Gasteiger partial charge in [0.1, 0.15) is 17.9 Å². The molecule has 0 fully saturated rings. The molecule has 7 rings (SSSR count). The summed E-state index contributed by atoms with van der Waals surface area (Å²) in [5.41, 5.74) is 2.78. The Labute approximate surface area is 243 Å². The van der Waals surface area contributed by atoms with Gasteiger partial charge in [-0.3, -0.25) is 4.79 Å². The SMILES string of the molecule is O=c1c2ccccc2nc(-c2cc3cc(Br)ccc3o2)n1N=Cc1ccccc1OCc1cccc2ccccc12. The predicted octanol–water partition coefficient (Wildman–Crippen LogP) is 8.19. The number of ether oxygens (including phenoxy) is 1. The number of fused-ring (bicyclic) bond motifs is 3. The van der Waals surface area contributed by atoms with Crippen molar-refractivity contribution >= 4 is 54.8 Å². The molecule has 0 atom stereocenters. The van der Waals surface area contributed by atoms with Crippen molar-refractivity contribution in [2.75, 3.05) is 0 Å². The lowest BCUT2D eigenvalue weighted by Gasteiger charge is -2.11. The first kappa shape index (κ1) is 25.0. The van der Waals surface area contributed by atoms with Crippen LogP contribution in [0.1, 0.15) is 11.1 Å². The van der Waals surface area contributed by atoms with Crippen LogP contribution >= 0.6 is 15.9 Å². The zero-order chi connectivity index (χ0) is 27.8. The van der Waals surface area contributed by atoms with Gasteiger partial charge in [-0.1, -0.05) is 82.7 Å². The van der Waals surface area contributed by atoms with Crippen LogP contribution in [-0.2, 0) is 6.61 Å². The summed E-state index contributed by atoms with van der Waals surface area (Å²) in [6.45, 7) is 0.392. The molecule has 0 unspecified atom stereocenters. The fourth-order valence-corrected chi connectivity index (χ4v) is 5.31. The lowest BCUT2D eigenvalue weighted by Crippen LogP contribution is -2.20. The summed E-state index contributed by atoms with van der Waals surface area (Å²) in [4.78, 5) is 18.4. The molecule has 0 spiro atoms. The van der Waals surface area contributed by atoms with Gasteiger partial charge in [0, 0.05) is 15.4 Å². The predicted molar refractivity (Wildman–Crippen MR) is 167 cm³/mol. The van der Waals surface area contributed by atoms with Gasteiger partial charge in [-0.15, -0.1) is 0 Å². The molecule has 2 heterocycles. The van der Waals surface area contributed by atoms with Gasteiger partial charge in [-0.05, 0) is 64.9 Å². The van der Waals surface area contributed by atoms with Crippen molar-refractivity contribution in [1.82, 2.24) is 9.66 Å². The molecular weight excluding hydrogens is 578 g/mol. The van der Waals surface area contributed by atoms with Crippen LogP contribution in [0.4, 0.5) is 0 Å². The minimum atomic E-state index is -0.294. The monoisotopic (exact) mass is 599 g/mol. The molecule has 0 saturated carbocycles. The van der Waals surface area contributed by atoms with Crippen LogP contribution in [0, 0.1) is 0 Å². The van der Waals surface area contributed by atoms with Gasteiger partial charge in [-0.2, -0.15) is 9.78 Å². The third kappa shape index (κ3) is 4.81. The van der Waals surface area contributed by atoms with E-state index in [-0.39, 0.29) is 5.56 Å². The standard InChI is InChI=1S/C34H22BrN3O3/c35-26-16-17-31-25(18-26)19-32(41-31)33-37-29-14-5-4-13-28(29)34(39)38(33)36-20-23-9-2-6-15-30(23)40-21-24-11-7-10-22-8-1-3-12-27(22)24/h1-20H,21H2. The average molecular weight is 600 g/mol. The maximum atomic E-state index is 13.7. The highest BCUT2D eigenvalue weighted by Crippen LogP contribution is 2.29. The highest BCUT2D eigenvalue weighted by atomic mass is 79.9. The Kier molecular flexibility index (Phi) is 6.41. The Morgan fingerprint density at radius 3 is 2.54 bits per heavy atom. The van der Waals surface area contributed by atoms with E-state index in [9.17, 15) is 4.79 Å². The number of nitrogens with zero attached hydrogens (tertiary/aromatic N) is 3. The van der Waals surface area contributed by atoms with E-state index in [1.54, 1.807) is 12.3 Å². The fraction of sp³-hybridized carbons (Fsp3) is 0.0294.